The van der Waals surface area contributed by atoms with E-state index in [4.69, 9.17) is 10.8 Å². The number of amides is 1. The molecule has 100 valence electrons. The lowest BCUT2D eigenvalue weighted by Gasteiger charge is -2.20. The fourth-order valence-corrected chi connectivity index (χ4v) is 1.66. The van der Waals surface area contributed by atoms with Gasteiger partial charge < -0.3 is 16.2 Å². The molecular weight excluding hydrogens is 220 g/mol. The first-order chi connectivity index (χ1) is 7.84. The van der Waals surface area contributed by atoms with Crippen LogP contribution in [0.4, 0.5) is 0 Å². The molecule has 4 N–H and O–H groups in total. The average molecular weight is 244 g/mol. The number of carbonyl (C=O) groups excluding carboxylic acids is 1. The lowest BCUT2D eigenvalue weighted by molar-refractivity contribution is -0.137. The van der Waals surface area contributed by atoms with Gasteiger partial charge in [0, 0.05) is 13.0 Å². The van der Waals surface area contributed by atoms with Crippen molar-refractivity contribution in [2.24, 2.45) is 17.6 Å². The maximum absolute atomic E-state index is 11.2. The number of carboxylic acid groups (broad SMARTS) is 1. The van der Waals surface area contributed by atoms with Crippen molar-refractivity contribution >= 4 is 11.9 Å². The second-order valence-corrected chi connectivity index (χ2v) is 4.80. The molecule has 5 heteroatoms. The molecule has 17 heavy (non-hydrogen) atoms. The van der Waals surface area contributed by atoms with Crippen LogP contribution in [0.1, 0.15) is 40.0 Å². The van der Waals surface area contributed by atoms with E-state index in [-0.39, 0.29) is 12.3 Å². The molecule has 0 rings (SSSR count). The number of rotatable bonds is 8. The molecule has 0 radical (unpaired) electrons. The summed E-state index contributed by atoms with van der Waals surface area (Å²) >= 11 is 0. The maximum atomic E-state index is 11.2. The first-order valence-corrected chi connectivity index (χ1v) is 6.09. The van der Waals surface area contributed by atoms with Crippen molar-refractivity contribution in [2.45, 2.75) is 46.1 Å². The van der Waals surface area contributed by atoms with Gasteiger partial charge in [0.2, 0.25) is 5.91 Å². The van der Waals surface area contributed by atoms with Gasteiger partial charge in [-0.05, 0) is 31.6 Å². The zero-order chi connectivity index (χ0) is 13.4. The van der Waals surface area contributed by atoms with Crippen LogP contribution < -0.4 is 11.1 Å². The Kier molecular flexibility index (Phi) is 7.54. The summed E-state index contributed by atoms with van der Waals surface area (Å²) in [5.41, 5.74) is 5.42. The van der Waals surface area contributed by atoms with Crippen LogP contribution >= 0.6 is 0 Å². The highest BCUT2D eigenvalue weighted by Crippen LogP contribution is 2.20. The van der Waals surface area contributed by atoms with Crippen molar-refractivity contribution in [1.29, 1.82) is 0 Å². The van der Waals surface area contributed by atoms with Crippen LogP contribution in [0.15, 0.2) is 0 Å². The first-order valence-electron chi connectivity index (χ1n) is 6.09. The van der Waals surface area contributed by atoms with Gasteiger partial charge in [-0.3, -0.25) is 9.59 Å². The zero-order valence-corrected chi connectivity index (χ0v) is 10.9. The Morgan fingerprint density at radius 2 is 1.82 bits per heavy atom. The second kappa shape index (κ2) is 8.06. The van der Waals surface area contributed by atoms with Crippen LogP contribution in [0.2, 0.25) is 0 Å². The highest BCUT2D eigenvalue weighted by Gasteiger charge is 2.15. The molecule has 1 unspecified atom stereocenters. The molecule has 5 nitrogen and oxygen atoms in total. The molecular formula is C12H24N2O3. The van der Waals surface area contributed by atoms with Gasteiger partial charge in [-0.25, -0.2) is 0 Å². The molecule has 0 aliphatic carbocycles. The summed E-state index contributed by atoms with van der Waals surface area (Å²) in [6.45, 7) is 6.34. The normalized spacial score (nSPS) is 14.4. The van der Waals surface area contributed by atoms with Gasteiger partial charge in [0.05, 0.1) is 6.04 Å². The van der Waals surface area contributed by atoms with Crippen LogP contribution in [0.3, 0.4) is 0 Å². The Morgan fingerprint density at radius 1 is 1.24 bits per heavy atom. The van der Waals surface area contributed by atoms with E-state index in [0.717, 1.165) is 6.42 Å². The number of carboxylic acids is 1. The summed E-state index contributed by atoms with van der Waals surface area (Å²) in [5.74, 6) is -0.193. The van der Waals surface area contributed by atoms with E-state index in [1.807, 2.05) is 0 Å². The molecule has 0 saturated heterocycles. The molecule has 2 atom stereocenters. The SMILES string of the molecule is CC(C)C(CCNC(=O)[C@H](C)N)CCC(=O)O. The third kappa shape index (κ3) is 7.74. The first kappa shape index (κ1) is 15.9. The number of nitrogens with two attached hydrogens (primary N) is 1. The van der Waals surface area contributed by atoms with E-state index in [1.54, 1.807) is 6.92 Å². The molecule has 0 spiro atoms. The zero-order valence-electron chi connectivity index (χ0n) is 10.9. The maximum Gasteiger partial charge on any atom is 0.303 e. The van der Waals surface area contributed by atoms with Gasteiger partial charge in [-0.1, -0.05) is 13.8 Å². The van der Waals surface area contributed by atoms with E-state index < -0.39 is 12.0 Å². The Morgan fingerprint density at radius 3 is 2.24 bits per heavy atom. The summed E-state index contributed by atoms with van der Waals surface area (Å²) in [6.07, 6.45) is 1.63. The van der Waals surface area contributed by atoms with Gasteiger partial charge >= 0.3 is 5.97 Å². The van der Waals surface area contributed by atoms with E-state index >= 15 is 0 Å². The highest BCUT2D eigenvalue weighted by molar-refractivity contribution is 5.80. The fraction of sp³-hybridized carbons (Fsp3) is 0.833. The van der Waals surface area contributed by atoms with Gasteiger partial charge in [0.15, 0.2) is 0 Å². The van der Waals surface area contributed by atoms with Crippen molar-refractivity contribution < 1.29 is 14.7 Å². The summed E-state index contributed by atoms with van der Waals surface area (Å²) in [5, 5.41) is 11.4. The fourth-order valence-electron chi connectivity index (χ4n) is 1.66. The number of aliphatic carboxylic acids is 1. The van der Waals surface area contributed by atoms with Crippen LogP contribution in [-0.4, -0.2) is 29.6 Å². The lowest BCUT2D eigenvalue weighted by atomic mass is 9.88. The van der Waals surface area contributed by atoms with Crippen LogP contribution in [0.5, 0.6) is 0 Å². The Hall–Kier alpha value is -1.10. The predicted molar refractivity (Wildman–Crippen MR) is 66.5 cm³/mol. The molecule has 0 aliphatic heterocycles. The molecule has 1 amide bonds. The third-order valence-corrected chi connectivity index (χ3v) is 2.90. The van der Waals surface area contributed by atoms with Gasteiger partial charge in [-0.15, -0.1) is 0 Å². The summed E-state index contributed by atoms with van der Waals surface area (Å²) in [7, 11) is 0. The van der Waals surface area contributed by atoms with Crippen molar-refractivity contribution in [3.63, 3.8) is 0 Å². The largest absolute Gasteiger partial charge is 0.481 e. The van der Waals surface area contributed by atoms with E-state index in [2.05, 4.69) is 19.2 Å². The predicted octanol–water partition coefficient (Wildman–Crippen LogP) is 0.977. The Balaban J connectivity index is 3.93. The second-order valence-electron chi connectivity index (χ2n) is 4.80. The minimum atomic E-state index is -0.768. The van der Waals surface area contributed by atoms with Crippen LogP contribution in [0.25, 0.3) is 0 Å². The summed E-state index contributed by atoms with van der Waals surface area (Å²) in [6, 6.07) is -0.494. The smallest absolute Gasteiger partial charge is 0.303 e. The standard InChI is InChI=1S/C12H24N2O3/c1-8(2)10(4-5-11(15)16)6-7-14-12(17)9(3)13/h8-10H,4-7,13H2,1-3H3,(H,14,17)(H,15,16)/t9-,10?/m0/s1. The number of hydrogen-bond donors (Lipinski definition) is 3. The van der Waals surface area contributed by atoms with Crippen molar-refractivity contribution in [3.05, 3.63) is 0 Å². The highest BCUT2D eigenvalue weighted by atomic mass is 16.4. The molecule has 0 aromatic heterocycles. The van der Waals surface area contributed by atoms with Crippen LogP contribution in [0, 0.1) is 11.8 Å². The van der Waals surface area contributed by atoms with Crippen molar-refractivity contribution in [1.82, 2.24) is 5.32 Å². The molecule has 0 saturated carbocycles. The Bertz CT molecular complexity index is 252. The average Bonchev–Trinajstić information content (AvgIpc) is 2.21. The lowest BCUT2D eigenvalue weighted by Crippen LogP contribution is -2.39. The quantitative estimate of drug-likeness (QED) is 0.593. The van der Waals surface area contributed by atoms with Crippen molar-refractivity contribution in [3.8, 4) is 0 Å². The Labute approximate surface area is 103 Å². The molecule has 0 bridgehead atoms. The van der Waals surface area contributed by atoms with Gasteiger partial charge in [0.1, 0.15) is 0 Å². The van der Waals surface area contributed by atoms with Gasteiger partial charge in [0.25, 0.3) is 0 Å². The molecule has 0 aromatic carbocycles. The molecule has 0 aromatic rings. The van der Waals surface area contributed by atoms with E-state index in [0.29, 0.717) is 24.8 Å². The van der Waals surface area contributed by atoms with E-state index in [9.17, 15) is 9.59 Å². The minimum Gasteiger partial charge on any atom is -0.481 e. The topological polar surface area (TPSA) is 92.4 Å². The summed E-state index contributed by atoms with van der Waals surface area (Å²) < 4.78 is 0. The number of hydrogen-bond acceptors (Lipinski definition) is 3. The number of nitrogens with one attached hydrogen (secondary N) is 1. The third-order valence-electron chi connectivity index (χ3n) is 2.90. The molecule has 0 heterocycles. The monoisotopic (exact) mass is 244 g/mol. The van der Waals surface area contributed by atoms with Gasteiger partial charge in [-0.2, -0.15) is 0 Å². The number of carbonyl (C=O) groups is 2. The van der Waals surface area contributed by atoms with E-state index in [1.165, 1.54) is 0 Å². The van der Waals surface area contributed by atoms with Crippen molar-refractivity contribution in [2.75, 3.05) is 6.54 Å². The molecule has 0 aliphatic rings. The minimum absolute atomic E-state index is 0.161. The molecule has 0 fully saturated rings. The van der Waals surface area contributed by atoms with Crippen LogP contribution in [-0.2, 0) is 9.59 Å². The summed E-state index contributed by atoms with van der Waals surface area (Å²) in [4.78, 5) is 21.7.